The average Bonchev–Trinajstić information content (AvgIpc) is 2.81. The number of carboxylic acid groups (broad SMARTS) is 1. The van der Waals surface area contributed by atoms with E-state index in [2.05, 4.69) is 4.99 Å². The van der Waals surface area contributed by atoms with Crippen molar-refractivity contribution in [2.75, 3.05) is 6.54 Å². The van der Waals surface area contributed by atoms with Crippen molar-refractivity contribution in [3.63, 3.8) is 0 Å². The third kappa shape index (κ3) is 5.25. The summed E-state index contributed by atoms with van der Waals surface area (Å²) in [5.41, 5.74) is 6.31. The van der Waals surface area contributed by atoms with Crippen LogP contribution in [0.1, 0.15) is 24.6 Å². The highest BCUT2D eigenvalue weighted by atomic mass is 32.1. The van der Waals surface area contributed by atoms with E-state index in [0.29, 0.717) is 19.4 Å². The van der Waals surface area contributed by atoms with Gasteiger partial charge in [0.2, 0.25) is 0 Å². The lowest BCUT2D eigenvalue weighted by Crippen LogP contribution is -2.19. The molecule has 1 aromatic heterocycles. The van der Waals surface area contributed by atoms with Gasteiger partial charge in [-0.2, -0.15) is 0 Å². The zero-order valence-electron chi connectivity index (χ0n) is 10.4. The Kier molecular flexibility index (Phi) is 6.32. The SMILES string of the molecule is C/C(C=NC(CCCN)C(=O)O)=C\c1cccs1. The van der Waals surface area contributed by atoms with Gasteiger partial charge in [0.25, 0.3) is 0 Å². The van der Waals surface area contributed by atoms with Gasteiger partial charge < -0.3 is 10.8 Å². The Hall–Kier alpha value is -1.46. The van der Waals surface area contributed by atoms with Crippen LogP contribution in [-0.2, 0) is 4.79 Å². The number of aliphatic imine (C=N–C) groups is 1. The summed E-state index contributed by atoms with van der Waals surface area (Å²) in [6, 6.07) is 3.29. The minimum Gasteiger partial charge on any atom is -0.480 e. The van der Waals surface area contributed by atoms with Gasteiger partial charge in [0.15, 0.2) is 0 Å². The number of carboxylic acids is 1. The Morgan fingerprint density at radius 3 is 3.00 bits per heavy atom. The van der Waals surface area contributed by atoms with Crippen molar-refractivity contribution >= 4 is 29.6 Å². The molecular formula is C13H18N2O2S. The van der Waals surface area contributed by atoms with Crippen LogP contribution in [0.5, 0.6) is 0 Å². The molecule has 5 heteroatoms. The molecule has 98 valence electrons. The van der Waals surface area contributed by atoms with Crippen LogP contribution in [0.3, 0.4) is 0 Å². The lowest BCUT2D eigenvalue weighted by molar-refractivity contribution is -0.138. The van der Waals surface area contributed by atoms with Gasteiger partial charge >= 0.3 is 5.97 Å². The van der Waals surface area contributed by atoms with Crippen LogP contribution in [-0.4, -0.2) is 29.9 Å². The number of carbonyl (C=O) groups is 1. The van der Waals surface area contributed by atoms with Crippen LogP contribution < -0.4 is 5.73 Å². The molecule has 0 bridgehead atoms. The summed E-state index contributed by atoms with van der Waals surface area (Å²) in [7, 11) is 0. The van der Waals surface area contributed by atoms with E-state index >= 15 is 0 Å². The molecule has 0 spiro atoms. The summed E-state index contributed by atoms with van der Waals surface area (Å²) in [5, 5.41) is 11.0. The molecule has 0 saturated carbocycles. The van der Waals surface area contributed by atoms with E-state index in [1.165, 1.54) is 0 Å². The van der Waals surface area contributed by atoms with Crippen molar-refractivity contribution in [3.8, 4) is 0 Å². The molecule has 1 atom stereocenters. The molecule has 0 radical (unpaired) electrons. The number of thiophene rings is 1. The van der Waals surface area contributed by atoms with Crippen LogP contribution in [0.2, 0.25) is 0 Å². The van der Waals surface area contributed by atoms with Crippen LogP contribution in [0.25, 0.3) is 6.08 Å². The predicted octanol–water partition coefficient (Wildman–Crippen LogP) is 2.41. The molecule has 0 aliphatic heterocycles. The first-order valence-electron chi connectivity index (χ1n) is 5.81. The molecule has 4 nitrogen and oxygen atoms in total. The molecule has 1 unspecified atom stereocenters. The number of aliphatic carboxylic acids is 1. The molecule has 0 amide bonds. The maximum absolute atomic E-state index is 11.0. The standard InChI is InChI=1S/C13H18N2O2S/c1-10(8-11-4-3-7-18-11)9-15-12(13(16)17)5-2-6-14/h3-4,7-9,12H,2,5-6,14H2,1H3,(H,16,17)/b10-8+,15-9?. The Bertz CT molecular complexity index is 424. The predicted molar refractivity (Wildman–Crippen MR) is 76.2 cm³/mol. The van der Waals surface area contributed by atoms with Gasteiger partial charge in [-0.25, -0.2) is 4.79 Å². The van der Waals surface area contributed by atoms with Crippen molar-refractivity contribution in [3.05, 3.63) is 28.0 Å². The van der Waals surface area contributed by atoms with Gasteiger partial charge in [-0.1, -0.05) is 6.07 Å². The third-order valence-corrected chi connectivity index (χ3v) is 3.16. The van der Waals surface area contributed by atoms with E-state index in [0.717, 1.165) is 10.5 Å². The summed E-state index contributed by atoms with van der Waals surface area (Å²) in [6.07, 6.45) is 4.75. The van der Waals surface area contributed by atoms with E-state index in [-0.39, 0.29) is 0 Å². The fourth-order valence-corrected chi connectivity index (χ4v) is 2.14. The number of hydrogen-bond donors (Lipinski definition) is 2. The monoisotopic (exact) mass is 266 g/mol. The Morgan fingerprint density at radius 2 is 2.44 bits per heavy atom. The normalized spacial score (nSPS) is 14.0. The van der Waals surface area contributed by atoms with Gasteiger partial charge in [0.1, 0.15) is 6.04 Å². The fraction of sp³-hybridized carbons (Fsp3) is 0.385. The summed E-state index contributed by atoms with van der Waals surface area (Å²) >= 11 is 1.63. The maximum atomic E-state index is 11.0. The largest absolute Gasteiger partial charge is 0.480 e. The van der Waals surface area contributed by atoms with Gasteiger partial charge in [-0.3, -0.25) is 4.99 Å². The molecule has 0 aliphatic rings. The van der Waals surface area contributed by atoms with Gasteiger partial charge in [-0.15, -0.1) is 11.3 Å². The van der Waals surface area contributed by atoms with E-state index in [1.807, 2.05) is 30.5 Å². The van der Waals surface area contributed by atoms with Crippen LogP contribution in [0, 0.1) is 0 Å². The second-order valence-corrected chi connectivity index (χ2v) is 4.95. The summed E-state index contributed by atoms with van der Waals surface area (Å²) in [5.74, 6) is -0.899. The summed E-state index contributed by atoms with van der Waals surface area (Å²) in [4.78, 5) is 16.2. The van der Waals surface area contributed by atoms with E-state index in [1.54, 1.807) is 17.6 Å². The molecule has 0 saturated heterocycles. The Morgan fingerprint density at radius 1 is 1.67 bits per heavy atom. The number of rotatable bonds is 7. The molecule has 0 aliphatic carbocycles. The van der Waals surface area contributed by atoms with Gasteiger partial charge in [0.05, 0.1) is 0 Å². The molecule has 0 aromatic carbocycles. The van der Waals surface area contributed by atoms with E-state index < -0.39 is 12.0 Å². The molecule has 1 heterocycles. The third-order valence-electron chi connectivity index (χ3n) is 2.34. The molecule has 1 aromatic rings. The van der Waals surface area contributed by atoms with Crippen molar-refractivity contribution in [2.24, 2.45) is 10.7 Å². The molecule has 3 N–H and O–H groups in total. The Balaban J connectivity index is 2.62. The first-order valence-corrected chi connectivity index (χ1v) is 6.69. The highest BCUT2D eigenvalue weighted by molar-refractivity contribution is 7.10. The van der Waals surface area contributed by atoms with Crippen molar-refractivity contribution in [2.45, 2.75) is 25.8 Å². The minimum absolute atomic E-state index is 0.481. The number of hydrogen-bond acceptors (Lipinski definition) is 4. The molecular weight excluding hydrogens is 248 g/mol. The first kappa shape index (κ1) is 14.6. The average molecular weight is 266 g/mol. The number of nitrogens with zero attached hydrogens (tertiary/aromatic N) is 1. The topological polar surface area (TPSA) is 75.7 Å². The quantitative estimate of drug-likeness (QED) is 0.744. The smallest absolute Gasteiger partial charge is 0.328 e. The lowest BCUT2D eigenvalue weighted by Gasteiger charge is -2.05. The van der Waals surface area contributed by atoms with Crippen LogP contribution in [0.15, 0.2) is 28.1 Å². The molecule has 18 heavy (non-hydrogen) atoms. The zero-order chi connectivity index (χ0) is 13.4. The van der Waals surface area contributed by atoms with Crippen molar-refractivity contribution in [1.29, 1.82) is 0 Å². The highest BCUT2D eigenvalue weighted by Crippen LogP contribution is 2.12. The highest BCUT2D eigenvalue weighted by Gasteiger charge is 2.13. The van der Waals surface area contributed by atoms with Crippen molar-refractivity contribution < 1.29 is 9.90 Å². The summed E-state index contributed by atoms with van der Waals surface area (Å²) < 4.78 is 0. The zero-order valence-corrected chi connectivity index (χ0v) is 11.2. The first-order chi connectivity index (χ1) is 8.63. The summed E-state index contributed by atoms with van der Waals surface area (Å²) in [6.45, 7) is 2.40. The second kappa shape index (κ2) is 7.79. The minimum atomic E-state index is -0.899. The molecule has 1 rings (SSSR count). The second-order valence-electron chi connectivity index (χ2n) is 3.97. The van der Waals surface area contributed by atoms with Crippen LogP contribution >= 0.6 is 11.3 Å². The van der Waals surface area contributed by atoms with Gasteiger partial charge in [-0.05, 0) is 49.4 Å². The Labute approximate surface area is 111 Å². The molecule has 0 fully saturated rings. The van der Waals surface area contributed by atoms with Crippen LogP contribution in [0.4, 0.5) is 0 Å². The van der Waals surface area contributed by atoms with Gasteiger partial charge in [0, 0.05) is 11.1 Å². The van der Waals surface area contributed by atoms with E-state index in [9.17, 15) is 4.79 Å². The number of allylic oxidation sites excluding steroid dienone is 1. The fourth-order valence-electron chi connectivity index (χ4n) is 1.42. The number of nitrogens with two attached hydrogens (primary N) is 1. The van der Waals surface area contributed by atoms with Crippen molar-refractivity contribution in [1.82, 2.24) is 0 Å². The lowest BCUT2D eigenvalue weighted by atomic mass is 10.1. The maximum Gasteiger partial charge on any atom is 0.328 e. The van der Waals surface area contributed by atoms with E-state index in [4.69, 9.17) is 10.8 Å².